The molecule has 3 rings (SSSR count). The van der Waals surface area contributed by atoms with Crippen molar-refractivity contribution < 1.29 is 14.6 Å². The summed E-state index contributed by atoms with van der Waals surface area (Å²) in [5, 5.41) is 12.9. The molecule has 116 valence electrons. The summed E-state index contributed by atoms with van der Waals surface area (Å²) >= 11 is 0. The van der Waals surface area contributed by atoms with Crippen LogP contribution in [0.2, 0.25) is 0 Å². The first-order chi connectivity index (χ1) is 10.3. The van der Waals surface area contributed by atoms with Gasteiger partial charge in [0.05, 0.1) is 11.4 Å². The zero-order valence-corrected chi connectivity index (χ0v) is 12.3. The molecule has 1 aromatic rings. The molecular weight excluding hydrogens is 268 g/mol. The lowest BCUT2D eigenvalue weighted by molar-refractivity contribution is 0.141. The fraction of sp³-hybridized carbons (Fsp3) is 0.625. The van der Waals surface area contributed by atoms with E-state index in [2.05, 4.69) is 5.32 Å². The number of fused-ring (bicyclic) bond motifs is 1. The quantitative estimate of drug-likeness (QED) is 0.742. The third kappa shape index (κ3) is 3.18. The van der Waals surface area contributed by atoms with Crippen LogP contribution in [0.25, 0.3) is 0 Å². The minimum atomic E-state index is 0.281. The smallest absolute Gasteiger partial charge is 0.163 e. The predicted octanol–water partition coefficient (Wildman–Crippen LogP) is 2.25. The van der Waals surface area contributed by atoms with Gasteiger partial charge in [0, 0.05) is 25.3 Å². The van der Waals surface area contributed by atoms with E-state index in [1.807, 2.05) is 12.1 Å². The maximum absolute atomic E-state index is 9.48. The van der Waals surface area contributed by atoms with Gasteiger partial charge < -0.3 is 25.6 Å². The molecule has 2 unspecified atom stereocenters. The number of anilines is 2. The fourth-order valence-corrected chi connectivity index (χ4v) is 3.29. The van der Waals surface area contributed by atoms with Crippen LogP contribution in [0.3, 0.4) is 0 Å². The van der Waals surface area contributed by atoms with Crippen LogP contribution >= 0.6 is 0 Å². The summed E-state index contributed by atoms with van der Waals surface area (Å²) in [6.45, 7) is 2.27. The SMILES string of the molecule is Nc1cc2c(cc1NCC1CCCCC1CO)OCCO2. The second-order valence-electron chi connectivity index (χ2n) is 5.95. The summed E-state index contributed by atoms with van der Waals surface area (Å²) in [5.74, 6) is 2.39. The van der Waals surface area contributed by atoms with Gasteiger partial charge in [-0.3, -0.25) is 0 Å². The van der Waals surface area contributed by atoms with Crippen LogP contribution in [0.5, 0.6) is 11.5 Å². The Morgan fingerprint density at radius 2 is 1.76 bits per heavy atom. The van der Waals surface area contributed by atoms with E-state index in [4.69, 9.17) is 15.2 Å². The summed E-state index contributed by atoms with van der Waals surface area (Å²) < 4.78 is 11.1. The van der Waals surface area contributed by atoms with Gasteiger partial charge in [0.2, 0.25) is 0 Å². The molecule has 0 amide bonds. The Kier molecular flexibility index (Phi) is 4.39. The Hall–Kier alpha value is -1.62. The molecule has 2 atom stereocenters. The molecule has 5 heteroatoms. The molecule has 0 radical (unpaired) electrons. The second kappa shape index (κ2) is 6.43. The van der Waals surface area contributed by atoms with E-state index in [1.165, 1.54) is 19.3 Å². The average Bonchev–Trinajstić information content (AvgIpc) is 2.53. The van der Waals surface area contributed by atoms with Crippen molar-refractivity contribution in [2.75, 3.05) is 37.4 Å². The van der Waals surface area contributed by atoms with Crippen molar-refractivity contribution in [3.63, 3.8) is 0 Å². The number of hydrogen-bond acceptors (Lipinski definition) is 5. The van der Waals surface area contributed by atoms with Crippen LogP contribution in [0.4, 0.5) is 11.4 Å². The topological polar surface area (TPSA) is 76.7 Å². The van der Waals surface area contributed by atoms with Crippen molar-refractivity contribution in [1.82, 2.24) is 0 Å². The molecule has 0 saturated heterocycles. The number of aliphatic hydroxyl groups excluding tert-OH is 1. The summed E-state index contributed by atoms with van der Waals surface area (Å²) in [6, 6.07) is 3.74. The second-order valence-corrected chi connectivity index (χ2v) is 5.95. The normalized spacial score (nSPS) is 24.6. The lowest BCUT2D eigenvalue weighted by Crippen LogP contribution is -2.28. The monoisotopic (exact) mass is 292 g/mol. The van der Waals surface area contributed by atoms with E-state index in [-0.39, 0.29) is 6.61 Å². The molecule has 21 heavy (non-hydrogen) atoms. The summed E-state index contributed by atoms with van der Waals surface area (Å²) in [4.78, 5) is 0. The zero-order valence-electron chi connectivity index (χ0n) is 12.3. The van der Waals surface area contributed by atoms with Crippen LogP contribution in [-0.4, -0.2) is 31.5 Å². The van der Waals surface area contributed by atoms with Crippen LogP contribution in [-0.2, 0) is 0 Å². The maximum atomic E-state index is 9.48. The zero-order chi connectivity index (χ0) is 14.7. The highest BCUT2D eigenvalue weighted by molar-refractivity contribution is 5.72. The summed E-state index contributed by atoms with van der Waals surface area (Å²) in [7, 11) is 0. The fourth-order valence-electron chi connectivity index (χ4n) is 3.29. The number of hydrogen-bond donors (Lipinski definition) is 3. The van der Waals surface area contributed by atoms with E-state index in [1.54, 1.807) is 0 Å². The van der Waals surface area contributed by atoms with Crippen LogP contribution in [0, 0.1) is 11.8 Å². The maximum Gasteiger partial charge on any atom is 0.163 e. The molecule has 1 fully saturated rings. The Morgan fingerprint density at radius 3 is 2.48 bits per heavy atom. The van der Waals surface area contributed by atoms with Gasteiger partial charge in [-0.25, -0.2) is 0 Å². The Morgan fingerprint density at radius 1 is 1.10 bits per heavy atom. The molecule has 5 nitrogen and oxygen atoms in total. The minimum absolute atomic E-state index is 0.281. The number of nitrogens with one attached hydrogen (secondary N) is 1. The molecule has 0 aromatic heterocycles. The largest absolute Gasteiger partial charge is 0.486 e. The lowest BCUT2D eigenvalue weighted by Gasteiger charge is -2.31. The molecular formula is C16H24N2O3. The van der Waals surface area contributed by atoms with E-state index in [0.717, 1.165) is 30.2 Å². The standard InChI is InChI=1S/C16H24N2O3/c17-13-7-15-16(21-6-5-20-15)8-14(13)18-9-11-3-1-2-4-12(11)10-19/h7-8,11-12,18-19H,1-6,9-10,17H2. The van der Waals surface area contributed by atoms with Crippen molar-refractivity contribution in [3.8, 4) is 11.5 Å². The van der Waals surface area contributed by atoms with Crippen molar-refractivity contribution in [2.24, 2.45) is 11.8 Å². The molecule has 4 N–H and O–H groups in total. The number of nitrogens with two attached hydrogens (primary N) is 1. The van der Waals surface area contributed by atoms with Gasteiger partial charge in [-0.05, 0) is 24.7 Å². The van der Waals surface area contributed by atoms with Gasteiger partial charge in [0.1, 0.15) is 13.2 Å². The predicted molar refractivity (Wildman–Crippen MR) is 82.9 cm³/mol. The molecule has 0 spiro atoms. The number of nitrogen functional groups attached to an aromatic ring is 1. The van der Waals surface area contributed by atoms with Gasteiger partial charge >= 0.3 is 0 Å². The minimum Gasteiger partial charge on any atom is -0.486 e. The Bertz CT molecular complexity index is 493. The average molecular weight is 292 g/mol. The van der Waals surface area contributed by atoms with E-state index in [9.17, 15) is 5.11 Å². The molecule has 1 aliphatic heterocycles. The van der Waals surface area contributed by atoms with Crippen molar-refractivity contribution >= 4 is 11.4 Å². The molecule has 2 aliphatic rings. The van der Waals surface area contributed by atoms with Gasteiger partial charge in [-0.15, -0.1) is 0 Å². The molecule has 1 aromatic carbocycles. The highest BCUT2D eigenvalue weighted by Crippen LogP contribution is 2.37. The first kappa shape index (κ1) is 14.3. The van der Waals surface area contributed by atoms with Crippen LogP contribution in [0.15, 0.2) is 12.1 Å². The number of benzene rings is 1. The van der Waals surface area contributed by atoms with Gasteiger partial charge in [-0.2, -0.15) is 0 Å². The highest BCUT2D eigenvalue weighted by Gasteiger charge is 2.24. The lowest BCUT2D eigenvalue weighted by atomic mass is 9.79. The summed E-state index contributed by atoms with van der Waals surface area (Å²) in [5.41, 5.74) is 7.65. The van der Waals surface area contributed by atoms with Crippen LogP contribution < -0.4 is 20.5 Å². The number of rotatable bonds is 4. The third-order valence-electron chi connectivity index (χ3n) is 4.57. The highest BCUT2D eigenvalue weighted by atomic mass is 16.6. The van der Waals surface area contributed by atoms with Gasteiger partial charge in [0.15, 0.2) is 11.5 Å². The molecule has 1 aliphatic carbocycles. The molecule has 1 heterocycles. The third-order valence-corrected chi connectivity index (χ3v) is 4.57. The van der Waals surface area contributed by atoms with Gasteiger partial charge in [-0.1, -0.05) is 12.8 Å². The summed E-state index contributed by atoms with van der Waals surface area (Å²) in [6.07, 6.45) is 4.77. The molecule has 1 saturated carbocycles. The van der Waals surface area contributed by atoms with Crippen molar-refractivity contribution in [1.29, 1.82) is 0 Å². The van der Waals surface area contributed by atoms with Crippen LogP contribution in [0.1, 0.15) is 25.7 Å². The Labute approximate surface area is 125 Å². The van der Waals surface area contributed by atoms with E-state index < -0.39 is 0 Å². The number of ether oxygens (including phenoxy) is 2. The van der Waals surface area contributed by atoms with E-state index in [0.29, 0.717) is 30.7 Å². The van der Waals surface area contributed by atoms with Crippen molar-refractivity contribution in [3.05, 3.63) is 12.1 Å². The Balaban J connectivity index is 1.67. The van der Waals surface area contributed by atoms with E-state index >= 15 is 0 Å². The first-order valence-electron chi connectivity index (χ1n) is 7.82. The van der Waals surface area contributed by atoms with Gasteiger partial charge in [0.25, 0.3) is 0 Å². The molecule has 0 bridgehead atoms. The first-order valence-corrected chi connectivity index (χ1v) is 7.82. The van der Waals surface area contributed by atoms with Crippen molar-refractivity contribution in [2.45, 2.75) is 25.7 Å². The number of aliphatic hydroxyl groups is 1.